The molecule has 1 fully saturated rings. The number of aromatic nitrogens is 1. The van der Waals surface area contributed by atoms with Crippen LogP contribution < -0.4 is 5.32 Å². The summed E-state index contributed by atoms with van der Waals surface area (Å²) in [7, 11) is 0. The summed E-state index contributed by atoms with van der Waals surface area (Å²) in [6, 6.07) is 14.9. The predicted molar refractivity (Wildman–Crippen MR) is 118 cm³/mol. The summed E-state index contributed by atoms with van der Waals surface area (Å²) in [6.45, 7) is 9.36. The molecule has 0 aliphatic carbocycles. The van der Waals surface area contributed by atoms with Crippen molar-refractivity contribution in [1.29, 1.82) is 0 Å². The van der Waals surface area contributed by atoms with Crippen LogP contribution in [0.1, 0.15) is 43.5 Å². The lowest BCUT2D eigenvalue weighted by molar-refractivity contribution is 0.126. The minimum atomic E-state index is -0.615. The molecule has 6 nitrogen and oxygen atoms in total. The van der Waals surface area contributed by atoms with Gasteiger partial charge in [0.25, 0.3) is 0 Å². The van der Waals surface area contributed by atoms with E-state index in [1.165, 1.54) is 5.56 Å². The third kappa shape index (κ3) is 5.78. The van der Waals surface area contributed by atoms with Crippen LogP contribution in [-0.4, -0.2) is 65.1 Å². The largest absolute Gasteiger partial charge is 0.386 e. The van der Waals surface area contributed by atoms with Crippen molar-refractivity contribution in [3.63, 3.8) is 0 Å². The van der Waals surface area contributed by atoms with E-state index in [-0.39, 0.29) is 0 Å². The fraction of sp³-hybridized carbons (Fsp3) is 0.478. The first-order chi connectivity index (χ1) is 14.2. The third-order valence-electron chi connectivity index (χ3n) is 5.47. The molecule has 0 bridgehead atoms. The number of pyridine rings is 1. The molecule has 1 aliphatic rings. The molecule has 0 spiro atoms. The van der Waals surface area contributed by atoms with E-state index in [9.17, 15) is 5.11 Å². The lowest BCUT2D eigenvalue weighted by Gasteiger charge is -2.40. The summed E-state index contributed by atoms with van der Waals surface area (Å²) in [5.74, 6) is 0.882. The molecule has 3 rings (SSSR count). The van der Waals surface area contributed by atoms with E-state index in [2.05, 4.69) is 64.3 Å². The van der Waals surface area contributed by atoms with Gasteiger partial charge < -0.3 is 15.3 Å². The summed E-state index contributed by atoms with van der Waals surface area (Å²) in [6.07, 6.45) is 3.89. The van der Waals surface area contributed by atoms with E-state index in [0.717, 1.165) is 50.7 Å². The van der Waals surface area contributed by atoms with Gasteiger partial charge in [-0.25, -0.2) is 0 Å². The molecule has 2 unspecified atom stereocenters. The Balaban J connectivity index is 1.60. The van der Waals surface area contributed by atoms with Crippen molar-refractivity contribution in [2.45, 2.75) is 32.4 Å². The third-order valence-corrected chi connectivity index (χ3v) is 5.47. The Morgan fingerprint density at radius 2 is 1.72 bits per heavy atom. The van der Waals surface area contributed by atoms with Crippen molar-refractivity contribution in [1.82, 2.24) is 20.1 Å². The molecule has 2 atom stereocenters. The minimum absolute atomic E-state index is 0.341. The zero-order chi connectivity index (χ0) is 20.5. The molecular weight excluding hydrogens is 362 g/mol. The van der Waals surface area contributed by atoms with E-state index in [1.54, 1.807) is 12.4 Å². The first-order valence-corrected chi connectivity index (χ1v) is 10.6. The zero-order valence-electron chi connectivity index (χ0n) is 17.5. The number of rotatable bonds is 7. The fourth-order valence-electron chi connectivity index (χ4n) is 3.92. The number of nitrogens with one attached hydrogen (secondary N) is 1. The van der Waals surface area contributed by atoms with E-state index in [0.29, 0.717) is 12.6 Å². The summed E-state index contributed by atoms with van der Waals surface area (Å²) < 4.78 is 0. The zero-order valence-corrected chi connectivity index (χ0v) is 17.5. The molecule has 0 radical (unpaired) electrons. The Morgan fingerprint density at radius 3 is 2.34 bits per heavy atom. The number of aliphatic hydroxyl groups is 1. The standard InChI is InChI=1S/C23H33N5O/c1-3-21(19-8-6-5-7-9-19)27-14-16-28(17-15-27)23(25-4-2)26-18-22(29)20-10-12-24-13-11-20/h5-13,21-22,29H,3-4,14-18H2,1-2H3,(H,25,26). The monoisotopic (exact) mass is 395 g/mol. The SMILES string of the molecule is CCNC(=NCC(O)c1ccncc1)N1CCN(C(CC)c2ccccc2)CC1. The maximum atomic E-state index is 10.4. The van der Waals surface area contributed by atoms with Crippen molar-refractivity contribution in [2.24, 2.45) is 4.99 Å². The number of guanidine groups is 1. The number of piperazine rings is 1. The average molecular weight is 396 g/mol. The van der Waals surface area contributed by atoms with Gasteiger partial charge in [0.15, 0.2) is 5.96 Å². The van der Waals surface area contributed by atoms with Gasteiger partial charge >= 0.3 is 0 Å². The van der Waals surface area contributed by atoms with Crippen molar-refractivity contribution in [3.8, 4) is 0 Å². The van der Waals surface area contributed by atoms with Crippen LogP contribution in [0.5, 0.6) is 0 Å². The lowest BCUT2D eigenvalue weighted by atomic mass is 10.0. The lowest BCUT2D eigenvalue weighted by Crippen LogP contribution is -2.53. The summed E-state index contributed by atoms with van der Waals surface area (Å²) >= 11 is 0. The number of hydrogen-bond acceptors (Lipinski definition) is 4. The van der Waals surface area contributed by atoms with Gasteiger partial charge in [0.05, 0.1) is 12.6 Å². The fourth-order valence-corrected chi connectivity index (χ4v) is 3.92. The molecule has 6 heteroatoms. The van der Waals surface area contributed by atoms with Gasteiger partial charge in [-0.05, 0) is 36.6 Å². The summed E-state index contributed by atoms with van der Waals surface area (Å²) in [5, 5.41) is 13.8. The first-order valence-electron chi connectivity index (χ1n) is 10.6. The number of aliphatic imine (C=N–C) groups is 1. The molecule has 156 valence electrons. The van der Waals surface area contributed by atoms with Crippen molar-refractivity contribution < 1.29 is 5.11 Å². The Kier molecular flexibility index (Phi) is 8.02. The van der Waals surface area contributed by atoms with E-state index in [4.69, 9.17) is 4.99 Å². The molecule has 0 saturated carbocycles. The molecule has 2 aromatic rings. The number of nitrogens with zero attached hydrogens (tertiary/aromatic N) is 4. The molecule has 1 saturated heterocycles. The Bertz CT molecular complexity index is 744. The highest BCUT2D eigenvalue weighted by Crippen LogP contribution is 2.25. The van der Waals surface area contributed by atoms with Gasteiger partial charge in [-0.1, -0.05) is 37.3 Å². The number of aliphatic hydroxyl groups excluding tert-OH is 1. The van der Waals surface area contributed by atoms with Crippen LogP contribution in [-0.2, 0) is 0 Å². The first kappa shape index (κ1) is 21.3. The van der Waals surface area contributed by atoms with Gasteiger partial charge in [-0.2, -0.15) is 0 Å². The second-order valence-corrected chi connectivity index (χ2v) is 7.35. The van der Waals surface area contributed by atoms with Gasteiger partial charge in [0, 0.05) is 51.2 Å². The second kappa shape index (κ2) is 10.9. The second-order valence-electron chi connectivity index (χ2n) is 7.35. The molecular formula is C23H33N5O. The van der Waals surface area contributed by atoms with Gasteiger partial charge in [0.2, 0.25) is 0 Å². The Hall–Kier alpha value is -2.44. The molecule has 29 heavy (non-hydrogen) atoms. The topological polar surface area (TPSA) is 64.0 Å². The van der Waals surface area contributed by atoms with Gasteiger partial charge in [-0.3, -0.25) is 14.9 Å². The summed E-state index contributed by atoms with van der Waals surface area (Å²) in [4.78, 5) is 13.6. The molecule has 2 N–H and O–H groups in total. The molecule has 0 amide bonds. The van der Waals surface area contributed by atoms with Crippen LogP contribution in [0, 0.1) is 0 Å². The molecule has 1 aromatic carbocycles. The van der Waals surface area contributed by atoms with Gasteiger partial charge in [-0.15, -0.1) is 0 Å². The predicted octanol–water partition coefficient (Wildman–Crippen LogP) is 2.85. The molecule has 1 aromatic heterocycles. The highest BCUT2D eigenvalue weighted by atomic mass is 16.3. The Labute approximate surface area is 174 Å². The highest BCUT2D eigenvalue weighted by molar-refractivity contribution is 5.80. The van der Waals surface area contributed by atoms with E-state index < -0.39 is 6.10 Å². The average Bonchev–Trinajstić information content (AvgIpc) is 2.79. The summed E-state index contributed by atoms with van der Waals surface area (Å²) in [5.41, 5.74) is 2.24. The number of benzene rings is 1. The highest BCUT2D eigenvalue weighted by Gasteiger charge is 2.25. The maximum Gasteiger partial charge on any atom is 0.194 e. The van der Waals surface area contributed by atoms with Crippen LogP contribution in [0.2, 0.25) is 0 Å². The Morgan fingerprint density at radius 1 is 1.03 bits per heavy atom. The minimum Gasteiger partial charge on any atom is -0.386 e. The quantitative estimate of drug-likeness (QED) is 0.558. The molecule has 1 aliphatic heterocycles. The van der Waals surface area contributed by atoms with Crippen molar-refractivity contribution in [2.75, 3.05) is 39.3 Å². The van der Waals surface area contributed by atoms with Gasteiger partial charge in [0.1, 0.15) is 0 Å². The van der Waals surface area contributed by atoms with Crippen LogP contribution >= 0.6 is 0 Å². The number of hydrogen-bond donors (Lipinski definition) is 2. The van der Waals surface area contributed by atoms with Crippen LogP contribution in [0.3, 0.4) is 0 Å². The normalized spacial score (nSPS) is 17.8. The van der Waals surface area contributed by atoms with Crippen LogP contribution in [0.15, 0.2) is 59.9 Å². The van der Waals surface area contributed by atoms with Crippen molar-refractivity contribution in [3.05, 3.63) is 66.0 Å². The van der Waals surface area contributed by atoms with Crippen molar-refractivity contribution >= 4 is 5.96 Å². The smallest absolute Gasteiger partial charge is 0.194 e. The van der Waals surface area contributed by atoms with E-state index >= 15 is 0 Å². The van der Waals surface area contributed by atoms with Crippen LogP contribution in [0.4, 0.5) is 0 Å². The molecule has 2 heterocycles. The van der Waals surface area contributed by atoms with E-state index in [1.807, 2.05) is 12.1 Å². The van der Waals surface area contributed by atoms with Crippen LogP contribution in [0.25, 0.3) is 0 Å². The maximum absolute atomic E-state index is 10.4.